The molecule has 0 heterocycles. The lowest BCUT2D eigenvalue weighted by atomic mass is 9.95. The van der Waals surface area contributed by atoms with Gasteiger partial charge in [0, 0.05) is 11.6 Å². The number of primary amides is 1. The second-order valence-corrected chi connectivity index (χ2v) is 10.7. The molecule has 0 aromatic heterocycles. The lowest BCUT2D eigenvalue weighted by Gasteiger charge is -2.38. The second kappa shape index (κ2) is 11.4. The van der Waals surface area contributed by atoms with Crippen molar-refractivity contribution in [3.05, 3.63) is 35.4 Å². The monoisotopic (exact) mass is 476 g/mol. The number of alkyl carbamates (subject to hydrolysis) is 1. The van der Waals surface area contributed by atoms with Gasteiger partial charge < -0.3 is 26.0 Å². The highest BCUT2D eigenvalue weighted by Gasteiger charge is 2.39. The first-order valence-corrected chi connectivity index (χ1v) is 11.4. The van der Waals surface area contributed by atoms with Crippen molar-refractivity contribution in [2.75, 3.05) is 0 Å². The minimum absolute atomic E-state index is 0.376. The van der Waals surface area contributed by atoms with Crippen LogP contribution < -0.4 is 16.4 Å². The normalized spacial score (nSPS) is 13.6. The van der Waals surface area contributed by atoms with E-state index in [4.69, 9.17) is 10.5 Å². The highest BCUT2D eigenvalue weighted by Crippen LogP contribution is 2.28. The van der Waals surface area contributed by atoms with Gasteiger partial charge in [-0.15, -0.1) is 0 Å². The van der Waals surface area contributed by atoms with Gasteiger partial charge in [0.15, 0.2) is 0 Å². The van der Waals surface area contributed by atoms with Crippen LogP contribution in [0.25, 0.3) is 0 Å². The standard InChI is InChI=1S/C25H40N4O5/c1-15(2)29(22(32)18(14-19(26)30)27-23(33)34-25(7,8)9)20(21(31)28-24(4,5)6)17-13-11-10-12-16(17)3/h10-13,15,18,20H,14H2,1-9H3,(H2,26,30)(H,27,33)(H,28,31). The Bertz CT molecular complexity index is 899. The van der Waals surface area contributed by atoms with E-state index in [9.17, 15) is 19.2 Å². The van der Waals surface area contributed by atoms with Gasteiger partial charge in [-0.25, -0.2) is 4.79 Å². The Morgan fingerprint density at radius 1 is 1.03 bits per heavy atom. The number of nitrogens with one attached hydrogen (secondary N) is 2. The van der Waals surface area contributed by atoms with Crippen molar-refractivity contribution in [2.45, 2.75) is 98.0 Å². The molecule has 2 atom stereocenters. The zero-order valence-corrected chi connectivity index (χ0v) is 21.8. The molecule has 4 N–H and O–H groups in total. The van der Waals surface area contributed by atoms with Crippen molar-refractivity contribution < 1.29 is 23.9 Å². The molecule has 0 aliphatic rings. The lowest BCUT2D eigenvalue weighted by Crippen LogP contribution is -2.57. The number of benzene rings is 1. The number of nitrogens with zero attached hydrogens (tertiary/aromatic N) is 1. The van der Waals surface area contributed by atoms with Gasteiger partial charge in [-0.3, -0.25) is 14.4 Å². The minimum atomic E-state index is -1.30. The van der Waals surface area contributed by atoms with E-state index in [1.54, 1.807) is 46.8 Å². The minimum Gasteiger partial charge on any atom is -0.444 e. The van der Waals surface area contributed by atoms with Gasteiger partial charge in [0.2, 0.25) is 17.7 Å². The lowest BCUT2D eigenvalue weighted by molar-refractivity contribution is -0.146. The summed E-state index contributed by atoms with van der Waals surface area (Å²) in [5.74, 6) is -1.76. The quantitative estimate of drug-likeness (QED) is 0.531. The number of carbonyl (C=O) groups excluding carboxylic acids is 4. The van der Waals surface area contributed by atoms with Gasteiger partial charge in [0.05, 0.1) is 6.42 Å². The third-order valence-electron chi connectivity index (χ3n) is 4.71. The van der Waals surface area contributed by atoms with Gasteiger partial charge >= 0.3 is 6.09 Å². The zero-order chi connectivity index (χ0) is 26.4. The fourth-order valence-corrected chi connectivity index (χ4v) is 3.46. The molecule has 0 bridgehead atoms. The first kappa shape index (κ1) is 28.9. The average molecular weight is 477 g/mol. The molecule has 1 aromatic carbocycles. The van der Waals surface area contributed by atoms with Crippen molar-refractivity contribution in [3.8, 4) is 0 Å². The molecule has 1 rings (SSSR count). The molecular weight excluding hydrogens is 436 g/mol. The average Bonchev–Trinajstić information content (AvgIpc) is 2.62. The van der Waals surface area contributed by atoms with E-state index in [0.717, 1.165) is 5.56 Å². The Labute approximate surface area is 202 Å². The highest BCUT2D eigenvalue weighted by atomic mass is 16.6. The molecule has 190 valence electrons. The number of nitrogens with two attached hydrogens (primary N) is 1. The number of rotatable bonds is 8. The molecular formula is C25H40N4O5. The first-order valence-electron chi connectivity index (χ1n) is 11.4. The maximum Gasteiger partial charge on any atom is 0.408 e. The number of hydrogen-bond acceptors (Lipinski definition) is 5. The van der Waals surface area contributed by atoms with E-state index in [2.05, 4.69) is 10.6 Å². The van der Waals surface area contributed by atoms with Crippen LogP contribution in [0.15, 0.2) is 24.3 Å². The summed E-state index contributed by atoms with van der Waals surface area (Å²) in [4.78, 5) is 52.9. The second-order valence-electron chi connectivity index (χ2n) is 10.7. The Morgan fingerprint density at radius 3 is 2.03 bits per heavy atom. The molecule has 34 heavy (non-hydrogen) atoms. The van der Waals surface area contributed by atoms with Crippen molar-refractivity contribution in [1.82, 2.24) is 15.5 Å². The summed E-state index contributed by atoms with van der Waals surface area (Å²) in [6.45, 7) is 16.0. The van der Waals surface area contributed by atoms with E-state index >= 15 is 0 Å². The predicted octanol–water partition coefficient (Wildman–Crippen LogP) is 2.96. The third-order valence-corrected chi connectivity index (χ3v) is 4.71. The van der Waals surface area contributed by atoms with Gasteiger partial charge in [0.1, 0.15) is 17.7 Å². The van der Waals surface area contributed by atoms with Gasteiger partial charge in [-0.2, -0.15) is 0 Å². The summed E-state index contributed by atoms with van der Waals surface area (Å²) in [5, 5.41) is 5.41. The summed E-state index contributed by atoms with van der Waals surface area (Å²) < 4.78 is 5.27. The molecule has 0 saturated heterocycles. The predicted molar refractivity (Wildman–Crippen MR) is 131 cm³/mol. The van der Waals surface area contributed by atoms with Crippen LogP contribution in [0.4, 0.5) is 4.79 Å². The smallest absolute Gasteiger partial charge is 0.408 e. The third kappa shape index (κ3) is 9.03. The summed E-state index contributed by atoms with van der Waals surface area (Å²) >= 11 is 0. The van der Waals surface area contributed by atoms with E-state index < -0.39 is 53.6 Å². The maximum absolute atomic E-state index is 13.8. The van der Waals surface area contributed by atoms with Crippen molar-refractivity contribution in [1.29, 1.82) is 0 Å². The maximum atomic E-state index is 13.8. The Kier molecular flexibility index (Phi) is 9.66. The molecule has 0 saturated carbocycles. The van der Waals surface area contributed by atoms with Gasteiger partial charge in [0.25, 0.3) is 0 Å². The van der Waals surface area contributed by atoms with Crippen LogP contribution >= 0.6 is 0 Å². The number of ether oxygens (including phenoxy) is 1. The van der Waals surface area contributed by atoms with Crippen LogP contribution in [0.2, 0.25) is 0 Å². The molecule has 0 spiro atoms. The first-order chi connectivity index (χ1) is 15.4. The van der Waals surface area contributed by atoms with E-state index in [1.165, 1.54) is 4.90 Å². The molecule has 9 heteroatoms. The van der Waals surface area contributed by atoms with E-state index in [1.807, 2.05) is 39.8 Å². The fraction of sp³-hybridized carbons (Fsp3) is 0.600. The molecule has 4 amide bonds. The van der Waals surface area contributed by atoms with Crippen LogP contribution in [-0.2, 0) is 19.1 Å². The van der Waals surface area contributed by atoms with Crippen LogP contribution in [-0.4, -0.2) is 51.9 Å². The fourth-order valence-electron chi connectivity index (χ4n) is 3.46. The number of hydrogen-bond donors (Lipinski definition) is 3. The Balaban J connectivity index is 3.52. The van der Waals surface area contributed by atoms with E-state index in [-0.39, 0.29) is 5.91 Å². The van der Waals surface area contributed by atoms with Crippen LogP contribution in [0.5, 0.6) is 0 Å². The molecule has 9 nitrogen and oxygen atoms in total. The number of aryl methyl sites for hydroxylation is 1. The Hall–Kier alpha value is -3.10. The molecule has 2 unspecified atom stereocenters. The zero-order valence-electron chi connectivity index (χ0n) is 21.8. The topological polar surface area (TPSA) is 131 Å². The molecule has 0 aliphatic heterocycles. The van der Waals surface area contributed by atoms with Crippen LogP contribution in [0.1, 0.15) is 79.0 Å². The summed E-state index contributed by atoms with van der Waals surface area (Å²) in [5.41, 5.74) is 5.49. The molecule has 0 radical (unpaired) electrons. The molecule has 0 fully saturated rings. The van der Waals surface area contributed by atoms with E-state index in [0.29, 0.717) is 5.56 Å². The summed E-state index contributed by atoms with van der Waals surface area (Å²) in [7, 11) is 0. The van der Waals surface area contributed by atoms with Gasteiger partial charge in [-0.1, -0.05) is 24.3 Å². The SMILES string of the molecule is Cc1ccccc1C(C(=O)NC(C)(C)C)N(C(=O)C(CC(N)=O)NC(=O)OC(C)(C)C)C(C)C. The van der Waals surface area contributed by atoms with Crippen molar-refractivity contribution >= 4 is 23.8 Å². The summed E-state index contributed by atoms with van der Waals surface area (Å²) in [6.07, 6.45) is -1.30. The highest BCUT2D eigenvalue weighted by molar-refractivity contribution is 5.95. The number of carbonyl (C=O) groups is 4. The van der Waals surface area contributed by atoms with Crippen molar-refractivity contribution in [2.24, 2.45) is 5.73 Å². The Morgan fingerprint density at radius 2 is 1.59 bits per heavy atom. The van der Waals surface area contributed by atoms with Crippen molar-refractivity contribution in [3.63, 3.8) is 0 Å². The molecule has 0 aliphatic carbocycles. The van der Waals surface area contributed by atoms with Crippen LogP contribution in [0.3, 0.4) is 0 Å². The molecule has 1 aromatic rings. The largest absolute Gasteiger partial charge is 0.444 e. The van der Waals surface area contributed by atoms with Gasteiger partial charge in [-0.05, 0) is 73.4 Å². The van der Waals surface area contributed by atoms with Crippen LogP contribution in [0, 0.1) is 6.92 Å². The summed E-state index contributed by atoms with van der Waals surface area (Å²) in [6, 6.07) is 4.54. The number of amides is 4.